The molecule has 0 amide bonds. The van der Waals surface area contributed by atoms with Gasteiger partial charge < -0.3 is 10.7 Å². The summed E-state index contributed by atoms with van der Waals surface area (Å²) in [6.45, 7) is 17.4. The van der Waals surface area contributed by atoms with Crippen LogP contribution in [0.3, 0.4) is 0 Å². The van der Waals surface area contributed by atoms with Gasteiger partial charge in [0.2, 0.25) is 0 Å². The second kappa shape index (κ2) is 15.3. The van der Waals surface area contributed by atoms with Gasteiger partial charge in [-0.25, -0.2) is 5.43 Å². The fourth-order valence-corrected chi connectivity index (χ4v) is 3.43. The molecule has 0 radical (unpaired) electrons. The first-order chi connectivity index (χ1) is 12.3. The van der Waals surface area contributed by atoms with Crippen LogP contribution in [0, 0.1) is 23.2 Å². The van der Waals surface area contributed by atoms with Crippen molar-refractivity contribution in [3.05, 3.63) is 0 Å². The summed E-state index contributed by atoms with van der Waals surface area (Å²) < 4.78 is 0. The van der Waals surface area contributed by atoms with Gasteiger partial charge in [0, 0.05) is 30.9 Å². The number of hydrogen-bond donors (Lipinski definition) is 4. The smallest absolute Gasteiger partial charge is 0.0675 e. The molecule has 0 heterocycles. The van der Waals surface area contributed by atoms with Crippen molar-refractivity contribution < 1.29 is 0 Å². The lowest BCUT2D eigenvalue weighted by atomic mass is 9.82. The molecule has 5 heteroatoms. The summed E-state index contributed by atoms with van der Waals surface area (Å²) in [6, 6.07) is 0.392. The number of nitrogens with one attached hydrogen (secondary N) is 4. The van der Waals surface area contributed by atoms with Gasteiger partial charge in [0.15, 0.2) is 0 Å². The van der Waals surface area contributed by atoms with Gasteiger partial charge >= 0.3 is 0 Å². The van der Waals surface area contributed by atoms with Crippen LogP contribution in [0.15, 0.2) is 4.99 Å². The van der Waals surface area contributed by atoms with Gasteiger partial charge in [-0.05, 0) is 51.5 Å². The van der Waals surface area contributed by atoms with Crippen LogP contribution in [0.4, 0.5) is 0 Å². The molecule has 0 aliphatic heterocycles. The molecule has 4 atom stereocenters. The number of rotatable bonds is 16. The van der Waals surface area contributed by atoms with E-state index < -0.39 is 0 Å². The van der Waals surface area contributed by atoms with E-state index in [1.165, 1.54) is 25.5 Å². The average Bonchev–Trinajstić information content (AvgIpc) is 2.56. The monoisotopic (exact) mass is 367 g/mol. The van der Waals surface area contributed by atoms with Crippen molar-refractivity contribution in [2.75, 3.05) is 13.1 Å². The summed E-state index contributed by atoms with van der Waals surface area (Å²) in [4.78, 5) is 4.66. The van der Waals surface area contributed by atoms with Crippen LogP contribution in [0.25, 0.3) is 0 Å². The Bertz CT molecular complexity index is 381. The third kappa shape index (κ3) is 12.6. The Balaban J connectivity index is 4.68. The minimum absolute atomic E-state index is 0.257. The quantitative estimate of drug-likeness (QED) is 0.186. The Morgan fingerprint density at radius 3 is 2.31 bits per heavy atom. The molecule has 0 bridgehead atoms. The minimum Gasteiger partial charge on any atom is -0.313 e. The van der Waals surface area contributed by atoms with E-state index in [4.69, 9.17) is 5.41 Å². The van der Waals surface area contributed by atoms with E-state index in [2.05, 4.69) is 62.7 Å². The summed E-state index contributed by atoms with van der Waals surface area (Å²) in [5, 5.41) is 10.6. The van der Waals surface area contributed by atoms with E-state index in [-0.39, 0.29) is 6.17 Å². The number of hydrazine groups is 1. The molecule has 4 N–H and O–H groups in total. The van der Waals surface area contributed by atoms with Crippen molar-refractivity contribution in [2.45, 2.75) is 92.8 Å². The van der Waals surface area contributed by atoms with Crippen LogP contribution in [0.2, 0.25) is 0 Å². The summed E-state index contributed by atoms with van der Waals surface area (Å²) in [7, 11) is 0. The van der Waals surface area contributed by atoms with Gasteiger partial charge in [0.25, 0.3) is 0 Å². The first kappa shape index (κ1) is 25.2. The predicted octanol–water partition coefficient (Wildman–Crippen LogP) is 4.39. The molecule has 0 aromatic carbocycles. The van der Waals surface area contributed by atoms with Crippen LogP contribution in [-0.4, -0.2) is 37.2 Å². The molecule has 26 heavy (non-hydrogen) atoms. The summed E-state index contributed by atoms with van der Waals surface area (Å²) in [6.07, 6.45) is 7.34. The Morgan fingerprint density at radius 2 is 1.73 bits per heavy atom. The molecule has 0 aromatic rings. The van der Waals surface area contributed by atoms with Gasteiger partial charge in [0.1, 0.15) is 0 Å². The standard InChI is InChI=1S/C21H45N5/c1-8-23-20(7)26-25-19(6)21(13-15-24-18(5)12-14-22)17(4)11-9-10-16(2)3/h14,16-17,19-23,25-26H,8-13,15H2,1-7H3/b22-14?,24-18-/t17?,19-,20+,21-/m1/s1. The molecule has 154 valence electrons. The van der Waals surface area contributed by atoms with Crippen LogP contribution < -0.4 is 16.2 Å². The third-order valence-electron chi connectivity index (χ3n) is 5.09. The van der Waals surface area contributed by atoms with E-state index in [0.29, 0.717) is 24.3 Å². The van der Waals surface area contributed by atoms with Gasteiger partial charge in [-0.1, -0.05) is 47.0 Å². The molecular formula is C21H45N5. The SMILES string of the molecule is CCN[C@H](C)NN[C@H](C)[C@H](CC/N=C(/C)CC=N)C(C)CCCC(C)C. The van der Waals surface area contributed by atoms with Gasteiger partial charge in [-0.3, -0.25) is 10.4 Å². The number of nitrogens with zero attached hydrogens (tertiary/aromatic N) is 1. The Hall–Kier alpha value is -0.780. The minimum atomic E-state index is 0.257. The topological polar surface area (TPSA) is 72.3 Å². The highest BCUT2D eigenvalue weighted by Crippen LogP contribution is 2.25. The molecule has 0 spiro atoms. The maximum atomic E-state index is 7.20. The summed E-state index contributed by atoms with van der Waals surface area (Å²) in [5.41, 5.74) is 7.96. The zero-order valence-corrected chi connectivity index (χ0v) is 18.4. The van der Waals surface area contributed by atoms with Gasteiger partial charge in [-0.2, -0.15) is 0 Å². The Morgan fingerprint density at radius 1 is 1.04 bits per heavy atom. The molecule has 5 nitrogen and oxygen atoms in total. The van der Waals surface area contributed by atoms with Crippen LogP contribution in [0.5, 0.6) is 0 Å². The zero-order chi connectivity index (χ0) is 19.9. The number of hydrogen-bond acceptors (Lipinski definition) is 5. The molecule has 0 rings (SSSR count). The van der Waals surface area contributed by atoms with E-state index in [1.54, 1.807) is 0 Å². The number of aliphatic imine (C=N–C) groups is 1. The lowest BCUT2D eigenvalue weighted by Gasteiger charge is -2.31. The maximum absolute atomic E-state index is 7.20. The normalized spacial score (nSPS) is 17.2. The second-order valence-electron chi connectivity index (χ2n) is 8.14. The first-order valence-electron chi connectivity index (χ1n) is 10.5. The summed E-state index contributed by atoms with van der Waals surface area (Å²) in [5.74, 6) is 2.04. The molecule has 0 fully saturated rings. The molecule has 0 aliphatic rings. The van der Waals surface area contributed by atoms with Crippen LogP contribution in [-0.2, 0) is 0 Å². The molecule has 0 aliphatic carbocycles. The summed E-state index contributed by atoms with van der Waals surface area (Å²) >= 11 is 0. The van der Waals surface area contributed by atoms with E-state index in [1.807, 2.05) is 6.92 Å². The predicted molar refractivity (Wildman–Crippen MR) is 116 cm³/mol. The van der Waals surface area contributed by atoms with Gasteiger partial charge in [0.05, 0.1) is 6.17 Å². The van der Waals surface area contributed by atoms with Crippen molar-refractivity contribution in [1.82, 2.24) is 16.2 Å². The van der Waals surface area contributed by atoms with E-state index in [0.717, 1.165) is 31.1 Å². The third-order valence-corrected chi connectivity index (χ3v) is 5.09. The average molecular weight is 368 g/mol. The molecular weight excluding hydrogens is 322 g/mol. The maximum Gasteiger partial charge on any atom is 0.0675 e. The molecule has 0 aromatic heterocycles. The zero-order valence-electron chi connectivity index (χ0n) is 18.4. The fraction of sp³-hybridized carbons (Fsp3) is 0.905. The van der Waals surface area contributed by atoms with Crippen molar-refractivity contribution in [2.24, 2.45) is 22.7 Å². The Kier molecular flexibility index (Phi) is 14.8. The lowest BCUT2D eigenvalue weighted by molar-refractivity contribution is 0.215. The van der Waals surface area contributed by atoms with E-state index >= 15 is 0 Å². The van der Waals surface area contributed by atoms with Crippen LogP contribution >= 0.6 is 0 Å². The highest BCUT2D eigenvalue weighted by Gasteiger charge is 2.23. The van der Waals surface area contributed by atoms with Gasteiger partial charge in [-0.15, -0.1) is 0 Å². The highest BCUT2D eigenvalue weighted by molar-refractivity contribution is 5.92. The largest absolute Gasteiger partial charge is 0.313 e. The molecule has 0 saturated carbocycles. The van der Waals surface area contributed by atoms with Crippen molar-refractivity contribution in [3.63, 3.8) is 0 Å². The fourth-order valence-electron chi connectivity index (χ4n) is 3.43. The second-order valence-corrected chi connectivity index (χ2v) is 8.14. The van der Waals surface area contributed by atoms with Crippen LogP contribution in [0.1, 0.15) is 80.6 Å². The Labute approximate surface area is 162 Å². The lowest BCUT2D eigenvalue weighted by Crippen LogP contribution is -2.53. The molecule has 0 saturated heterocycles. The molecule has 1 unspecified atom stereocenters. The van der Waals surface area contributed by atoms with Crippen molar-refractivity contribution >= 4 is 11.9 Å². The van der Waals surface area contributed by atoms with Crippen molar-refractivity contribution in [3.8, 4) is 0 Å². The van der Waals surface area contributed by atoms with E-state index in [9.17, 15) is 0 Å². The van der Waals surface area contributed by atoms with Crippen molar-refractivity contribution in [1.29, 1.82) is 5.41 Å². The first-order valence-corrected chi connectivity index (χ1v) is 10.5. The highest BCUT2D eigenvalue weighted by atomic mass is 15.4.